The first-order valence-electron chi connectivity index (χ1n) is 11.5. The number of hydrogen-bond acceptors (Lipinski definition) is 3. The third kappa shape index (κ3) is 4.65. The van der Waals surface area contributed by atoms with Gasteiger partial charge in [0.25, 0.3) is 11.8 Å². The molecule has 176 valence electrons. The Kier molecular flexibility index (Phi) is 6.93. The predicted octanol–water partition coefficient (Wildman–Crippen LogP) is 4.69. The molecule has 0 aliphatic carbocycles. The average molecular weight is 461 g/mol. The molecule has 1 aliphatic rings. The molecule has 0 bridgehead atoms. The summed E-state index contributed by atoms with van der Waals surface area (Å²) >= 11 is 0. The van der Waals surface area contributed by atoms with Crippen LogP contribution in [0.2, 0.25) is 0 Å². The van der Waals surface area contributed by atoms with Crippen LogP contribution in [0.4, 0.5) is 10.1 Å². The number of anilines is 1. The van der Waals surface area contributed by atoms with Crippen molar-refractivity contribution in [2.45, 2.75) is 20.8 Å². The van der Waals surface area contributed by atoms with Gasteiger partial charge >= 0.3 is 0 Å². The Labute approximate surface area is 198 Å². The van der Waals surface area contributed by atoms with Crippen molar-refractivity contribution in [2.75, 3.05) is 31.5 Å². The molecule has 1 aromatic heterocycles. The first kappa shape index (κ1) is 23.4. The third-order valence-corrected chi connectivity index (χ3v) is 6.30. The van der Waals surface area contributed by atoms with Gasteiger partial charge in [-0.3, -0.25) is 9.59 Å². The van der Waals surface area contributed by atoms with Crippen LogP contribution in [0, 0.1) is 12.7 Å². The molecule has 3 aromatic rings. The minimum Gasteiger partial charge on any atom is -0.361 e. The lowest BCUT2D eigenvalue weighted by molar-refractivity contribution is -0.110. The Morgan fingerprint density at radius 2 is 1.85 bits per heavy atom. The Morgan fingerprint density at radius 1 is 1.12 bits per heavy atom. The lowest BCUT2D eigenvalue weighted by Gasteiger charge is -2.17. The van der Waals surface area contributed by atoms with Gasteiger partial charge in [0, 0.05) is 36.2 Å². The number of aromatic nitrogens is 1. The quantitative estimate of drug-likeness (QED) is 0.427. The third-order valence-electron chi connectivity index (χ3n) is 6.30. The number of nitrogens with one attached hydrogen (secondary N) is 3. The molecular formula is C27H29FN4O2. The molecule has 0 atom stereocenters. The summed E-state index contributed by atoms with van der Waals surface area (Å²) < 4.78 is 13.5. The molecule has 0 saturated heterocycles. The average Bonchev–Trinajstić information content (AvgIpc) is 3.36. The van der Waals surface area contributed by atoms with Crippen LogP contribution in [0.5, 0.6) is 0 Å². The van der Waals surface area contributed by atoms with Gasteiger partial charge in [0.15, 0.2) is 0 Å². The molecule has 7 heteroatoms. The van der Waals surface area contributed by atoms with Crippen LogP contribution in [0.15, 0.2) is 48.7 Å². The lowest BCUT2D eigenvalue weighted by Crippen LogP contribution is -2.34. The zero-order valence-electron chi connectivity index (χ0n) is 19.7. The maximum absolute atomic E-state index is 13.5. The monoisotopic (exact) mass is 460 g/mol. The minimum atomic E-state index is -0.314. The van der Waals surface area contributed by atoms with Crippen molar-refractivity contribution in [1.29, 1.82) is 0 Å². The summed E-state index contributed by atoms with van der Waals surface area (Å²) in [4.78, 5) is 31.0. The topological polar surface area (TPSA) is 77.2 Å². The number of benzene rings is 2. The van der Waals surface area contributed by atoms with Crippen molar-refractivity contribution in [2.24, 2.45) is 0 Å². The zero-order chi connectivity index (χ0) is 24.2. The predicted molar refractivity (Wildman–Crippen MR) is 134 cm³/mol. The fourth-order valence-electron chi connectivity index (χ4n) is 4.26. The molecule has 2 heterocycles. The molecule has 2 aromatic carbocycles. The summed E-state index contributed by atoms with van der Waals surface area (Å²) in [7, 11) is 0. The van der Waals surface area contributed by atoms with Crippen LogP contribution in [0.1, 0.15) is 41.0 Å². The molecule has 0 unspecified atom stereocenters. The Bertz CT molecular complexity index is 1240. The summed E-state index contributed by atoms with van der Waals surface area (Å²) in [6.45, 7) is 9.30. The number of fused-ring (bicyclic) bond motifs is 1. The molecule has 1 aliphatic heterocycles. The highest BCUT2D eigenvalue weighted by atomic mass is 19.1. The van der Waals surface area contributed by atoms with Gasteiger partial charge in [-0.2, -0.15) is 0 Å². The van der Waals surface area contributed by atoms with Gasteiger partial charge in [0.05, 0.1) is 11.1 Å². The van der Waals surface area contributed by atoms with Crippen molar-refractivity contribution < 1.29 is 14.0 Å². The van der Waals surface area contributed by atoms with Crippen molar-refractivity contribution >= 4 is 29.2 Å². The van der Waals surface area contributed by atoms with Crippen LogP contribution in [0.25, 0.3) is 22.8 Å². The number of carbonyl (C=O) groups excluding carboxylic acids is 2. The van der Waals surface area contributed by atoms with E-state index in [1.54, 1.807) is 24.4 Å². The number of H-pyrrole nitrogens is 1. The first-order chi connectivity index (χ1) is 16.4. The molecule has 3 N–H and O–H groups in total. The number of carbonyl (C=O) groups is 2. The summed E-state index contributed by atoms with van der Waals surface area (Å²) in [5, 5.41) is 5.88. The second-order valence-electron chi connectivity index (χ2n) is 8.27. The number of rotatable bonds is 8. The van der Waals surface area contributed by atoms with Gasteiger partial charge in [0.2, 0.25) is 0 Å². The second kappa shape index (κ2) is 10.1. The fraction of sp³-hybridized carbons (Fsp3) is 0.259. The summed E-state index contributed by atoms with van der Waals surface area (Å²) in [5.74, 6) is -0.677. The van der Waals surface area contributed by atoms with Crippen molar-refractivity contribution in [3.05, 3.63) is 76.9 Å². The molecule has 0 fully saturated rings. The van der Waals surface area contributed by atoms with E-state index in [0.29, 0.717) is 29.1 Å². The summed E-state index contributed by atoms with van der Waals surface area (Å²) in [5.41, 5.74) is 5.63. The van der Waals surface area contributed by atoms with Crippen molar-refractivity contribution in [3.8, 4) is 11.1 Å². The molecule has 4 rings (SSSR count). The first-order valence-corrected chi connectivity index (χ1v) is 11.5. The standard InChI is InChI=1S/C27H29FN4O2/c1-4-32(5-2)14-13-29-26(33)22-16-30-24(17(22)3)15-21-25-20(18-9-11-19(28)12-10-18)7-6-8-23(25)31-27(21)34/h6-12,15-16,30H,4-5,13-14H2,1-3H3,(H,29,33)(H,31,34). The summed E-state index contributed by atoms with van der Waals surface area (Å²) in [6.07, 6.45) is 3.45. The number of nitrogens with zero attached hydrogens (tertiary/aromatic N) is 1. The van der Waals surface area contributed by atoms with Gasteiger partial charge < -0.3 is 20.5 Å². The zero-order valence-corrected chi connectivity index (χ0v) is 19.7. The molecule has 0 spiro atoms. The maximum atomic E-state index is 13.5. The van der Waals surface area contributed by atoms with Crippen LogP contribution in [0.3, 0.4) is 0 Å². The molecule has 34 heavy (non-hydrogen) atoms. The van der Waals surface area contributed by atoms with E-state index in [0.717, 1.165) is 41.9 Å². The maximum Gasteiger partial charge on any atom is 0.256 e. The Balaban J connectivity index is 1.62. The highest BCUT2D eigenvalue weighted by molar-refractivity contribution is 6.36. The second-order valence-corrected chi connectivity index (χ2v) is 8.27. The lowest BCUT2D eigenvalue weighted by atomic mass is 9.94. The van der Waals surface area contributed by atoms with Gasteiger partial charge in [-0.25, -0.2) is 4.39 Å². The highest BCUT2D eigenvalue weighted by Gasteiger charge is 2.28. The molecule has 2 amide bonds. The van der Waals surface area contributed by atoms with E-state index in [-0.39, 0.29) is 17.6 Å². The van der Waals surface area contributed by atoms with E-state index < -0.39 is 0 Å². The van der Waals surface area contributed by atoms with Crippen LogP contribution in [-0.4, -0.2) is 47.9 Å². The number of amides is 2. The number of hydrogen-bond donors (Lipinski definition) is 3. The van der Waals surface area contributed by atoms with E-state index >= 15 is 0 Å². The van der Waals surface area contributed by atoms with Gasteiger partial charge in [-0.15, -0.1) is 0 Å². The molecule has 0 radical (unpaired) electrons. The van der Waals surface area contributed by atoms with Crippen molar-refractivity contribution in [3.63, 3.8) is 0 Å². The van der Waals surface area contributed by atoms with Crippen LogP contribution >= 0.6 is 0 Å². The minimum absolute atomic E-state index is 0.145. The van der Waals surface area contributed by atoms with Crippen molar-refractivity contribution in [1.82, 2.24) is 15.2 Å². The largest absolute Gasteiger partial charge is 0.361 e. The van der Waals surface area contributed by atoms with E-state index in [1.165, 1.54) is 12.1 Å². The van der Waals surface area contributed by atoms with E-state index in [9.17, 15) is 14.0 Å². The molecule has 6 nitrogen and oxygen atoms in total. The van der Waals surface area contributed by atoms with Gasteiger partial charge in [-0.05, 0) is 61.0 Å². The fourth-order valence-corrected chi connectivity index (χ4v) is 4.26. The Morgan fingerprint density at radius 3 is 2.56 bits per heavy atom. The smallest absolute Gasteiger partial charge is 0.256 e. The molecular weight excluding hydrogens is 431 g/mol. The van der Waals surface area contributed by atoms with Gasteiger partial charge in [-0.1, -0.05) is 38.1 Å². The Hall–Kier alpha value is -3.71. The summed E-state index contributed by atoms with van der Waals surface area (Å²) in [6, 6.07) is 11.8. The van der Waals surface area contributed by atoms with Crippen LogP contribution < -0.4 is 10.6 Å². The van der Waals surface area contributed by atoms with Gasteiger partial charge in [0.1, 0.15) is 5.82 Å². The van der Waals surface area contributed by atoms with E-state index in [1.807, 2.05) is 25.1 Å². The molecule has 0 saturated carbocycles. The van der Waals surface area contributed by atoms with Crippen LogP contribution in [-0.2, 0) is 4.79 Å². The van der Waals surface area contributed by atoms with E-state index in [4.69, 9.17) is 0 Å². The normalized spacial score (nSPS) is 13.9. The highest BCUT2D eigenvalue weighted by Crippen LogP contribution is 2.40. The SMILES string of the molecule is CCN(CC)CCNC(=O)c1c[nH]c(C=C2C(=O)Nc3cccc(-c4ccc(F)cc4)c32)c1C. The number of halogens is 1. The number of likely N-dealkylation sites (N-methyl/N-ethyl adjacent to an activating group) is 1. The van der Waals surface area contributed by atoms with E-state index in [2.05, 4.69) is 34.4 Å². The number of aromatic amines is 1.